The van der Waals surface area contributed by atoms with Crippen molar-refractivity contribution in [3.05, 3.63) is 0 Å². The number of hydrogen-bond donors (Lipinski definition) is 0. The summed E-state index contributed by atoms with van der Waals surface area (Å²) >= 11 is 5.38. The Morgan fingerprint density at radius 2 is 2.27 bits per heavy atom. The molecule has 1 heterocycles. The molecule has 1 unspecified atom stereocenters. The molecule has 0 spiro atoms. The van der Waals surface area contributed by atoms with Crippen LogP contribution in [0.1, 0.15) is 26.2 Å². The molecule has 0 aromatic heterocycles. The van der Waals surface area contributed by atoms with Crippen LogP contribution in [-0.4, -0.2) is 18.1 Å². The molecule has 1 nitrogen and oxygen atoms in total. The largest absolute Gasteiger partial charge is 0.370 e. The van der Waals surface area contributed by atoms with Gasteiger partial charge in [0.25, 0.3) is 0 Å². The van der Waals surface area contributed by atoms with Crippen molar-refractivity contribution in [2.75, 3.05) is 12.5 Å². The first-order chi connectivity index (χ1) is 5.27. The molecule has 2 heteroatoms. The van der Waals surface area contributed by atoms with Crippen LogP contribution in [0, 0.1) is 11.8 Å². The van der Waals surface area contributed by atoms with Gasteiger partial charge in [-0.05, 0) is 19.8 Å². The van der Waals surface area contributed by atoms with Crippen LogP contribution in [0.15, 0.2) is 0 Å². The van der Waals surface area contributed by atoms with Gasteiger partial charge in [-0.3, -0.25) is 0 Å². The average molecular weight is 173 g/mol. The number of unbranched alkanes of at least 4 members (excludes halogenated alkanes) is 1. The van der Waals surface area contributed by atoms with Crippen molar-refractivity contribution >= 4 is 11.6 Å². The second-order valence-electron chi connectivity index (χ2n) is 3.08. The third kappa shape index (κ3) is 3.65. The Kier molecular flexibility index (Phi) is 3.23. The predicted octanol–water partition coefficient (Wildman–Crippen LogP) is 2.19. The molecule has 0 aromatic rings. The van der Waals surface area contributed by atoms with Crippen LogP contribution in [0.25, 0.3) is 0 Å². The molecule has 0 saturated carbocycles. The van der Waals surface area contributed by atoms with Gasteiger partial charge >= 0.3 is 0 Å². The Morgan fingerprint density at radius 3 is 2.82 bits per heavy atom. The topological polar surface area (TPSA) is 12.5 Å². The number of halogens is 1. The standard InChI is InChI=1S/C9H13ClO/c1-9(8-11-9)6-4-2-3-5-7-10/h2,4,6-8H2,1H3. The van der Waals surface area contributed by atoms with Crippen LogP contribution in [0.4, 0.5) is 0 Å². The van der Waals surface area contributed by atoms with Gasteiger partial charge in [0.2, 0.25) is 0 Å². The second kappa shape index (κ2) is 3.99. The van der Waals surface area contributed by atoms with E-state index in [1.165, 1.54) is 0 Å². The molecular weight excluding hydrogens is 160 g/mol. The molecule has 1 aliphatic rings. The zero-order chi connectivity index (χ0) is 8.16. The number of alkyl halides is 1. The van der Waals surface area contributed by atoms with E-state index in [0.717, 1.165) is 25.9 Å². The van der Waals surface area contributed by atoms with Crippen molar-refractivity contribution in [1.29, 1.82) is 0 Å². The SMILES string of the molecule is CC1(CCCC#CCCl)CO1. The fourth-order valence-corrected chi connectivity index (χ4v) is 1.05. The highest BCUT2D eigenvalue weighted by Gasteiger charge is 2.37. The van der Waals surface area contributed by atoms with Crippen LogP contribution in [0.2, 0.25) is 0 Å². The second-order valence-corrected chi connectivity index (χ2v) is 3.35. The molecule has 11 heavy (non-hydrogen) atoms. The van der Waals surface area contributed by atoms with E-state index in [0.29, 0.717) is 5.88 Å². The third-order valence-corrected chi connectivity index (χ3v) is 1.97. The molecule has 0 radical (unpaired) electrons. The lowest BCUT2D eigenvalue weighted by atomic mass is 10.1. The molecule has 1 fully saturated rings. The molecule has 1 saturated heterocycles. The summed E-state index contributed by atoms with van der Waals surface area (Å²) in [5, 5.41) is 0. The lowest BCUT2D eigenvalue weighted by molar-refractivity contribution is 0.305. The van der Waals surface area contributed by atoms with Crippen molar-refractivity contribution in [1.82, 2.24) is 0 Å². The highest BCUT2D eigenvalue weighted by atomic mass is 35.5. The van der Waals surface area contributed by atoms with Crippen LogP contribution in [0.5, 0.6) is 0 Å². The Morgan fingerprint density at radius 1 is 1.55 bits per heavy atom. The maximum Gasteiger partial charge on any atom is 0.0889 e. The minimum Gasteiger partial charge on any atom is -0.370 e. The van der Waals surface area contributed by atoms with E-state index < -0.39 is 0 Å². The van der Waals surface area contributed by atoms with Gasteiger partial charge in [-0.2, -0.15) is 0 Å². The fourth-order valence-electron chi connectivity index (χ4n) is 0.954. The first kappa shape index (κ1) is 8.90. The zero-order valence-electron chi connectivity index (χ0n) is 6.82. The summed E-state index contributed by atoms with van der Waals surface area (Å²) < 4.78 is 5.23. The molecule has 1 rings (SSSR count). The minimum absolute atomic E-state index is 0.197. The summed E-state index contributed by atoms with van der Waals surface area (Å²) in [6, 6.07) is 0. The number of epoxide rings is 1. The summed E-state index contributed by atoms with van der Waals surface area (Å²) in [5.74, 6) is 6.28. The van der Waals surface area contributed by atoms with Crippen LogP contribution >= 0.6 is 11.6 Å². The maximum absolute atomic E-state index is 5.38. The van der Waals surface area contributed by atoms with Crippen molar-refractivity contribution in [2.24, 2.45) is 0 Å². The highest BCUT2D eigenvalue weighted by Crippen LogP contribution is 2.31. The quantitative estimate of drug-likeness (QED) is 0.275. The Hall–Kier alpha value is -0.190. The lowest BCUT2D eigenvalue weighted by Crippen LogP contribution is -2.02. The van der Waals surface area contributed by atoms with Gasteiger partial charge in [-0.15, -0.1) is 17.5 Å². The van der Waals surface area contributed by atoms with E-state index in [1.807, 2.05) is 0 Å². The highest BCUT2D eigenvalue weighted by molar-refractivity contribution is 6.19. The minimum atomic E-state index is 0.197. The number of ether oxygens (including phenoxy) is 1. The number of rotatable bonds is 3. The summed E-state index contributed by atoms with van der Waals surface area (Å²) in [6.45, 7) is 3.07. The molecule has 62 valence electrons. The lowest BCUT2D eigenvalue weighted by Gasteiger charge is -1.99. The van der Waals surface area contributed by atoms with Crippen molar-refractivity contribution in [3.63, 3.8) is 0 Å². The number of hydrogen-bond acceptors (Lipinski definition) is 1. The van der Waals surface area contributed by atoms with Gasteiger partial charge in [-0.25, -0.2) is 0 Å². The molecular formula is C9H13ClO. The van der Waals surface area contributed by atoms with E-state index in [-0.39, 0.29) is 5.60 Å². The van der Waals surface area contributed by atoms with Crippen molar-refractivity contribution < 1.29 is 4.74 Å². The molecule has 0 N–H and O–H groups in total. The summed E-state index contributed by atoms with van der Waals surface area (Å²) in [6.07, 6.45) is 3.20. The average Bonchev–Trinajstić information content (AvgIpc) is 2.69. The summed E-state index contributed by atoms with van der Waals surface area (Å²) in [7, 11) is 0. The molecule has 0 aliphatic carbocycles. The van der Waals surface area contributed by atoms with E-state index >= 15 is 0 Å². The van der Waals surface area contributed by atoms with Gasteiger partial charge in [0.1, 0.15) is 0 Å². The van der Waals surface area contributed by atoms with Crippen molar-refractivity contribution in [2.45, 2.75) is 31.8 Å². The third-order valence-electron chi connectivity index (χ3n) is 1.84. The van der Waals surface area contributed by atoms with E-state index in [2.05, 4.69) is 18.8 Å². The summed E-state index contributed by atoms with van der Waals surface area (Å²) in [5.41, 5.74) is 0.197. The van der Waals surface area contributed by atoms with E-state index in [4.69, 9.17) is 16.3 Å². The van der Waals surface area contributed by atoms with Gasteiger partial charge in [0.05, 0.1) is 18.1 Å². The normalized spacial score (nSPS) is 27.5. The van der Waals surface area contributed by atoms with Gasteiger partial charge < -0.3 is 4.74 Å². The van der Waals surface area contributed by atoms with Gasteiger partial charge in [0.15, 0.2) is 0 Å². The van der Waals surface area contributed by atoms with Crippen molar-refractivity contribution in [3.8, 4) is 11.8 Å². The zero-order valence-corrected chi connectivity index (χ0v) is 7.58. The maximum atomic E-state index is 5.38. The monoisotopic (exact) mass is 172 g/mol. The fraction of sp³-hybridized carbons (Fsp3) is 0.778. The van der Waals surface area contributed by atoms with E-state index in [9.17, 15) is 0 Å². The van der Waals surface area contributed by atoms with E-state index in [1.54, 1.807) is 0 Å². The Balaban J connectivity index is 1.96. The van der Waals surface area contributed by atoms with Crippen LogP contribution in [-0.2, 0) is 4.74 Å². The predicted molar refractivity (Wildman–Crippen MR) is 46.7 cm³/mol. The van der Waals surface area contributed by atoms with Crippen LogP contribution < -0.4 is 0 Å². The first-order valence-corrected chi connectivity index (χ1v) is 4.46. The smallest absolute Gasteiger partial charge is 0.0889 e. The first-order valence-electron chi connectivity index (χ1n) is 3.92. The molecule has 0 bridgehead atoms. The molecule has 0 amide bonds. The molecule has 0 aromatic carbocycles. The summed E-state index contributed by atoms with van der Waals surface area (Å²) in [4.78, 5) is 0. The van der Waals surface area contributed by atoms with Crippen LogP contribution in [0.3, 0.4) is 0 Å². The van der Waals surface area contributed by atoms with Gasteiger partial charge in [0, 0.05) is 6.42 Å². The van der Waals surface area contributed by atoms with Gasteiger partial charge in [-0.1, -0.05) is 5.92 Å². The molecule has 1 aliphatic heterocycles. The Labute approximate surface area is 73.1 Å². The Bertz CT molecular complexity index is 174. The molecule has 1 atom stereocenters.